The number of nitrogens with two attached hydrogens (primary N) is 1. The number of hydrogen-bond acceptors (Lipinski definition) is 7. The van der Waals surface area contributed by atoms with Crippen molar-refractivity contribution in [2.75, 3.05) is 13.1 Å². The normalized spacial score (nSPS) is 21.4. The monoisotopic (exact) mass is 383 g/mol. The van der Waals surface area contributed by atoms with Crippen molar-refractivity contribution in [2.45, 2.75) is 63.5 Å². The van der Waals surface area contributed by atoms with Gasteiger partial charge in [-0.15, -0.1) is 23.7 Å². The summed E-state index contributed by atoms with van der Waals surface area (Å²) in [5.74, 6) is 1.87. The maximum absolute atomic E-state index is 6.43. The van der Waals surface area contributed by atoms with Crippen molar-refractivity contribution in [2.24, 2.45) is 5.73 Å². The van der Waals surface area contributed by atoms with E-state index >= 15 is 0 Å². The van der Waals surface area contributed by atoms with Crippen molar-refractivity contribution in [1.29, 1.82) is 0 Å². The third-order valence-electron chi connectivity index (χ3n) is 5.37. The first-order valence-electron chi connectivity index (χ1n) is 8.89. The fraction of sp³-hybridized carbons (Fsp3) is 0.706. The van der Waals surface area contributed by atoms with Crippen LogP contribution in [0.15, 0.2) is 9.90 Å². The molecule has 2 aromatic rings. The van der Waals surface area contributed by atoms with Crippen molar-refractivity contribution in [3.63, 3.8) is 0 Å². The first-order valence-corrected chi connectivity index (χ1v) is 9.77. The first-order chi connectivity index (χ1) is 11.6. The highest BCUT2D eigenvalue weighted by molar-refractivity contribution is 7.09. The number of hydrogen-bond donors (Lipinski definition) is 1. The topological polar surface area (TPSA) is 81.1 Å². The maximum atomic E-state index is 6.43. The van der Waals surface area contributed by atoms with Gasteiger partial charge < -0.3 is 10.3 Å². The van der Waals surface area contributed by atoms with Crippen LogP contribution in [0.2, 0.25) is 0 Å². The number of aryl methyl sites for hydroxylation is 1. The summed E-state index contributed by atoms with van der Waals surface area (Å²) in [5, 5.41) is 7.50. The van der Waals surface area contributed by atoms with Crippen LogP contribution in [0.25, 0.3) is 0 Å². The van der Waals surface area contributed by atoms with E-state index in [2.05, 4.69) is 32.3 Å². The summed E-state index contributed by atoms with van der Waals surface area (Å²) < 4.78 is 5.57. The predicted octanol–water partition coefficient (Wildman–Crippen LogP) is 3.36. The molecule has 8 heteroatoms. The van der Waals surface area contributed by atoms with Crippen LogP contribution in [0.5, 0.6) is 0 Å². The second-order valence-corrected chi connectivity index (χ2v) is 8.29. The smallest absolute Gasteiger partial charge is 0.229 e. The number of thiazole rings is 1. The van der Waals surface area contributed by atoms with Crippen LogP contribution in [0.3, 0.4) is 0 Å². The molecule has 25 heavy (non-hydrogen) atoms. The van der Waals surface area contributed by atoms with Crippen LogP contribution >= 0.6 is 23.7 Å². The van der Waals surface area contributed by atoms with Crippen LogP contribution in [-0.4, -0.2) is 33.1 Å². The van der Waals surface area contributed by atoms with Crippen molar-refractivity contribution < 1.29 is 4.52 Å². The molecule has 1 saturated heterocycles. The highest BCUT2D eigenvalue weighted by atomic mass is 35.5. The Morgan fingerprint density at radius 1 is 1.28 bits per heavy atom. The van der Waals surface area contributed by atoms with Crippen LogP contribution in [0, 0.1) is 6.92 Å². The molecule has 4 rings (SSSR count). The molecule has 0 spiro atoms. The lowest BCUT2D eigenvalue weighted by atomic mass is 9.96. The number of piperidine rings is 1. The van der Waals surface area contributed by atoms with Crippen LogP contribution < -0.4 is 5.73 Å². The van der Waals surface area contributed by atoms with E-state index in [0.29, 0.717) is 5.92 Å². The summed E-state index contributed by atoms with van der Waals surface area (Å²) in [6.07, 6.45) is 6.38. The zero-order valence-electron chi connectivity index (χ0n) is 14.6. The van der Waals surface area contributed by atoms with E-state index in [9.17, 15) is 0 Å². The van der Waals surface area contributed by atoms with Gasteiger partial charge in [0.15, 0.2) is 5.82 Å². The molecular formula is C17H26ClN5OS. The minimum Gasteiger partial charge on any atom is -0.339 e. The fourth-order valence-electron chi connectivity index (χ4n) is 3.88. The van der Waals surface area contributed by atoms with E-state index in [4.69, 9.17) is 10.3 Å². The van der Waals surface area contributed by atoms with Gasteiger partial charge in [0.25, 0.3) is 0 Å². The van der Waals surface area contributed by atoms with Gasteiger partial charge in [-0.05, 0) is 45.7 Å². The van der Waals surface area contributed by atoms with Crippen molar-refractivity contribution >= 4 is 23.7 Å². The van der Waals surface area contributed by atoms with Crippen molar-refractivity contribution in [3.8, 4) is 0 Å². The molecule has 2 fully saturated rings. The number of nitrogens with zero attached hydrogens (tertiary/aromatic N) is 4. The fourth-order valence-corrected chi connectivity index (χ4v) is 4.48. The SMILES string of the molecule is Cc1nc(CN2CCC(c3nc(C4(N)CCCC4)no3)CC2)cs1.Cl. The molecule has 0 amide bonds. The molecule has 0 bridgehead atoms. The third-order valence-corrected chi connectivity index (χ3v) is 6.19. The van der Waals surface area contributed by atoms with Gasteiger partial charge >= 0.3 is 0 Å². The van der Waals surface area contributed by atoms with Gasteiger partial charge in [0.05, 0.1) is 16.2 Å². The molecule has 1 aliphatic carbocycles. The second kappa shape index (κ2) is 7.70. The summed E-state index contributed by atoms with van der Waals surface area (Å²) in [4.78, 5) is 11.7. The quantitative estimate of drug-likeness (QED) is 0.871. The van der Waals surface area contributed by atoms with E-state index in [1.807, 2.05) is 0 Å². The van der Waals surface area contributed by atoms with Gasteiger partial charge in [-0.1, -0.05) is 18.0 Å². The summed E-state index contributed by atoms with van der Waals surface area (Å²) in [5.41, 5.74) is 7.26. The molecule has 0 unspecified atom stereocenters. The Labute approximate surface area is 158 Å². The number of likely N-dealkylation sites (tertiary alicyclic amines) is 1. The van der Waals surface area contributed by atoms with Gasteiger partial charge in [0, 0.05) is 17.8 Å². The molecule has 6 nitrogen and oxygen atoms in total. The van der Waals surface area contributed by atoms with Crippen LogP contribution in [0.1, 0.15) is 66.9 Å². The summed E-state index contributed by atoms with van der Waals surface area (Å²) in [6, 6.07) is 0. The molecule has 0 atom stereocenters. The van der Waals surface area contributed by atoms with E-state index in [1.165, 1.54) is 5.69 Å². The van der Waals surface area contributed by atoms with Gasteiger partial charge in [-0.3, -0.25) is 4.90 Å². The Morgan fingerprint density at radius 2 is 2.00 bits per heavy atom. The Hall–Kier alpha value is -1.02. The van der Waals surface area contributed by atoms with Gasteiger partial charge in [-0.25, -0.2) is 4.98 Å². The minimum atomic E-state index is -0.356. The van der Waals surface area contributed by atoms with E-state index in [1.54, 1.807) is 11.3 Å². The Kier molecular flexibility index (Phi) is 5.78. The zero-order chi connectivity index (χ0) is 16.6. The molecule has 0 aromatic carbocycles. The second-order valence-electron chi connectivity index (χ2n) is 7.23. The number of halogens is 1. The zero-order valence-corrected chi connectivity index (χ0v) is 16.2. The van der Waals surface area contributed by atoms with Crippen molar-refractivity contribution in [1.82, 2.24) is 20.0 Å². The standard InChI is InChI=1S/C17H25N5OS.ClH/c1-12-19-14(11-24-12)10-22-8-4-13(5-9-22)15-20-16(21-23-15)17(18)6-2-3-7-17;/h11,13H,2-10,18H2,1H3;1H. The Balaban J connectivity index is 0.00000182. The lowest BCUT2D eigenvalue weighted by molar-refractivity contribution is 0.186. The first kappa shape index (κ1) is 18.8. The van der Waals surface area contributed by atoms with Crippen LogP contribution in [-0.2, 0) is 12.1 Å². The summed E-state index contributed by atoms with van der Waals surface area (Å²) >= 11 is 1.72. The molecule has 2 N–H and O–H groups in total. The lowest BCUT2D eigenvalue weighted by Crippen LogP contribution is -2.35. The lowest BCUT2D eigenvalue weighted by Gasteiger charge is -2.29. The third kappa shape index (κ3) is 4.05. The highest BCUT2D eigenvalue weighted by Gasteiger charge is 2.37. The summed E-state index contributed by atoms with van der Waals surface area (Å²) in [7, 11) is 0. The molecule has 1 aliphatic heterocycles. The molecule has 0 radical (unpaired) electrons. The molecule has 1 saturated carbocycles. The Morgan fingerprint density at radius 3 is 2.64 bits per heavy atom. The number of rotatable bonds is 4. The predicted molar refractivity (Wildman–Crippen MR) is 100.0 cm³/mol. The molecule has 138 valence electrons. The molecule has 2 aliphatic rings. The average molecular weight is 384 g/mol. The molecule has 2 aromatic heterocycles. The van der Waals surface area contributed by atoms with Gasteiger partial charge in [-0.2, -0.15) is 4.98 Å². The minimum absolute atomic E-state index is 0. The largest absolute Gasteiger partial charge is 0.339 e. The van der Waals surface area contributed by atoms with E-state index < -0.39 is 0 Å². The Bertz CT molecular complexity index is 689. The molecular weight excluding hydrogens is 358 g/mol. The molecule has 3 heterocycles. The van der Waals surface area contributed by atoms with Crippen molar-refractivity contribution in [3.05, 3.63) is 27.8 Å². The average Bonchev–Trinajstić information content (AvgIpc) is 3.30. The van der Waals surface area contributed by atoms with E-state index in [-0.39, 0.29) is 17.9 Å². The highest BCUT2D eigenvalue weighted by Crippen LogP contribution is 2.36. The van der Waals surface area contributed by atoms with E-state index in [0.717, 1.165) is 74.9 Å². The van der Waals surface area contributed by atoms with Gasteiger partial charge in [0.2, 0.25) is 5.89 Å². The number of aromatic nitrogens is 3. The van der Waals surface area contributed by atoms with Crippen LogP contribution in [0.4, 0.5) is 0 Å². The van der Waals surface area contributed by atoms with Gasteiger partial charge in [0.1, 0.15) is 0 Å². The summed E-state index contributed by atoms with van der Waals surface area (Å²) in [6.45, 7) is 5.10. The maximum Gasteiger partial charge on any atom is 0.229 e.